The molecule has 0 spiro atoms. The smallest absolute Gasteiger partial charge is 0.132 e. The summed E-state index contributed by atoms with van der Waals surface area (Å²) in [5.74, 6) is -0.253. The number of fused-ring (bicyclic) bond motifs is 1. The fourth-order valence-electron chi connectivity index (χ4n) is 3.44. The van der Waals surface area contributed by atoms with Gasteiger partial charge >= 0.3 is 0 Å². The van der Waals surface area contributed by atoms with Gasteiger partial charge in [0.25, 0.3) is 0 Å². The van der Waals surface area contributed by atoms with Crippen LogP contribution in [0.4, 0.5) is 4.39 Å². The minimum atomic E-state index is -0.253. The second-order valence-corrected chi connectivity index (χ2v) is 7.69. The predicted molar refractivity (Wildman–Crippen MR) is 112 cm³/mol. The largest absolute Gasteiger partial charge is 0.295 e. The van der Waals surface area contributed by atoms with E-state index in [4.69, 9.17) is 0 Å². The number of nitrogens with zero attached hydrogens (tertiary/aromatic N) is 3. The molecule has 0 aromatic heterocycles. The highest BCUT2D eigenvalue weighted by molar-refractivity contribution is 9.10. The van der Waals surface area contributed by atoms with Crippen LogP contribution in [-0.4, -0.2) is 42.3 Å². The average molecular weight is 426 g/mol. The van der Waals surface area contributed by atoms with Crippen LogP contribution >= 0.6 is 15.9 Å². The van der Waals surface area contributed by atoms with Crippen LogP contribution in [0.1, 0.15) is 11.1 Å². The third-order valence-electron chi connectivity index (χ3n) is 4.94. The van der Waals surface area contributed by atoms with Crippen LogP contribution < -0.4 is 0 Å². The van der Waals surface area contributed by atoms with Gasteiger partial charge in [-0.3, -0.25) is 9.91 Å². The van der Waals surface area contributed by atoms with Crippen LogP contribution in [0.3, 0.4) is 0 Å². The van der Waals surface area contributed by atoms with Gasteiger partial charge in [0.1, 0.15) is 5.82 Å². The van der Waals surface area contributed by atoms with Gasteiger partial charge in [0.05, 0.1) is 6.21 Å². The third kappa shape index (κ3) is 4.37. The van der Waals surface area contributed by atoms with Gasteiger partial charge in [-0.1, -0.05) is 58.4 Å². The first-order valence-corrected chi connectivity index (χ1v) is 9.91. The van der Waals surface area contributed by atoms with Gasteiger partial charge in [0.2, 0.25) is 0 Å². The van der Waals surface area contributed by atoms with Gasteiger partial charge in [-0.25, -0.2) is 4.39 Å². The van der Waals surface area contributed by atoms with E-state index in [0.29, 0.717) is 5.56 Å². The number of hydrogen-bond donors (Lipinski definition) is 0. The highest BCUT2D eigenvalue weighted by Gasteiger charge is 2.16. The zero-order valence-corrected chi connectivity index (χ0v) is 16.6. The van der Waals surface area contributed by atoms with Crippen molar-refractivity contribution in [3.63, 3.8) is 0 Å². The van der Waals surface area contributed by atoms with Gasteiger partial charge in [-0.2, -0.15) is 5.10 Å². The lowest BCUT2D eigenvalue weighted by molar-refractivity contribution is 0.131. The Morgan fingerprint density at radius 2 is 1.74 bits per heavy atom. The molecule has 0 N–H and O–H groups in total. The number of hydrogen-bond acceptors (Lipinski definition) is 3. The molecule has 1 fully saturated rings. The monoisotopic (exact) mass is 425 g/mol. The number of piperazine rings is 1. The quantitative estimate of drug-likeness (QED) is 0.553. The summed E-state index contributed by atoms with van der Waals surface area (Å²) in [6, 6.07) is 19.9. The van der Waals surface area contributed by atoms with Crippen molar-refractivity contribution in [2.45, 2.75) is 6.54 Å². The molecule has 1 saturated heterocycles. The maximum Gasteiger partial charge on any atom is 0.132 e. The first kappa shape index (κ1) is 18.1. The molecular formula is C22H21BrFN3. The van der Waals surface area contributed by atoms with Gasteiger partial charge in [0.15, 0.2) is 0 Å². The summed E-state index contributed by atoms with van der Waals surface area (Å²) in [6.45, 7) is 4.52. The lowest BCUT2D eigenvalue weighted by Crippen LogP contribution is -2.43. The Labute approximate surface area is 167 Å². The zero-order valence-electron chi connectivity index (χ0n) is 15.0. The molecule has 3 aromatic carbocycles. The van der Waals surface area contributed by atoms with Crippen LogP contribution in [0.15, 0.2) is 70.2 Å². The van der Waals surface area contributed by atoms with Gasteiger partial charge in [0, 0.05) is 42.8 Å². The van der Waals surface area contributed by atoms with Crippen LogP contribution in [-0.2, 0) is 6.54 Å². The summed E-state index contributed by atoms with van der Waals surface area (Å²) in [5.41, 5.74) is 1.86. The first-order valence-electron chi connectivity index (χ1n) is 9.12. The molecular weight excluding hydrogens is 405 g/mol. The standard InChI is InChI=1S/C22H21BrFN3/c23-20-8-9-22(24)19(14-20)15-25-27-12-10-26(11-13-27)16-18-6-3-5-17-4-1-2-7-21(17)18/h1-9,14-15H,10-13,16H2/b25-15+. The molecule has 0 saturated carbocycles. The molecule has 138 valence electrons. The van der Waals surface area contributed by atoms with Crippen molar-refractivity contribution < 1.29 is 4.39 Å². The molecule has 1 aliphatic heterocycles. The maximum atomic E-state index is 13.8. The fourth-order valence-corrected chi connectivity index (χ4v) is 3.82. The highest BCUT2D eigenvalue weighted by Crippen LogP contribution is 2.20. The maximum absolute atomic E-state index is 13.8. The molecule has 4 rings (SSSR count). The van der Waals surface area contributed by atoms with E-state index in [0.717, 1.165) is 37.2 Å². The lowest BCUT2D eigenvalue weighted by Gasteiger charge is -2.33. The third-order valence-corrected chi connectivity index (χ3v) is 5.43. The molecule has 3 aromatic rings. The first-order chi connectivity index (χ1) is 13.2. The SMILES string of the molecule is Fc1ccc(Br)cc1/C=N/N1CCN(Cc2cccc3ccccc23)CC1. The second-order valence-electron chi connectivity index (χ2n) is 6.78. The van der Waals surface area contributed by atoms with Gasteiger partial charge in [-0.05, 0) is 34.5 Å². The van der Waals surface area contributed by atoms with Crippen molar-refractivity contribution in [3.8, 4) is 0 Å². The zero-order chi connectivity index (χ0) is 18.6. The number of halogens is 2. The van der Waals surface area contributed by atoms with E-state index in [2.05, 4.69) is 68.4 Å². The minimum absolute atomic E-state index is 0.253. The number of benzene rings is 3. The van der Waals surface area contributed by atoms with Crippen molar-refractivity contribution in [2.75, 3.05) is 26.2 Å². The molecule has 5 heteroatoms. The Kier molecular flexibility index (Phi) is 5.50. The normalized spacial score (nSPS) is 15.7. The number of rotatable bonds is 4. The molecule has 27 heavy (non-hydrogen) atoms. The molecule has 0 aliphatic carbocycles. The predicted octanol–water partition coefficient (Wildman–Crippen LogP) is 4.89. The van der Waals surface area contributed by atoms with E-state index in [1.165, 1.54) is 22.4 Å². The Hall–Kier alpha value is -2.24. The van der Waals surface area contributed by atoms with Crippen molar-refractivity contribution in [2.24, 2.45) is 5.10 Å². The van der Waals surface area contributed by atoms with Crippen molar-refractivity contribution >= 4 is 32.9 Å². The Balaban J connectivity index is 1.37. The van der Waals surface area contributed by atoms with Crippen molar-refractivity contribution in [1.29, 1.82) is 0 Å². The summed E-state index contributed by atoms with van der Waals surface area (Å²) >= 11 is 3.37. The average Bonchev–Trinajstić information content (AvgIpc) is 2.70. The minimum Gasteiger partial charge on any atom is -0.295 e. The van der Waals surface area contributed by atoms with E-state index >= 15 is 0 Å². The highest BCUT2D eigenvalue weighted by atomic mass is 79.9. The molecule has 0 atom stereocenters. The summed E-state index contributed by atoms with van der Waals surface area (Å²) in [4.78, 5) is 2.45. The molecule has 3 nitrogen and oxygen atoms in total. The van der Waals surface area contributed by atoms with Gasteiger partial charge < -0.3 is 0 Å². The summed E-state index contributed by atoms with van der Waals surface area (Å²) in [5, 5.41) is 9.09. The molecule has 0 unspecified atom stereocenters. The Morgan fingerprint density at radius 1 is 0.963 bits per heavy atom. The molecule has 1 heterocycles. The fraction of sp³-hybridized carbons (Fsp3) is 0.227. The van der Waals surface area contributed by atoms with E-state index < -0.39 is 0 Å². The summed E-state index contributed by atoms with van der Waals surface area (Å²) in [6.07, 6.45) is 1.61. The molecule has 0 bridgehead atoms. The van der Waals surface area contributed by atoms with Crippen molar-refractivity contribution in [3.05, 3.63) is 82.1 Å². The molecule has 1 aliphatic rings. The Bertz CT molecular complexity index is 959. The molecule has 0 amide bonds. The second kappa shape index (κ2) is 8.19. The topological polar surface area (TPSA) is 18.8 Å². The van der Waals surface area contributed by atoms with E-state index in [1.54, 1.807) is 18.3 Å². The summed E-state index contributed by atoms with van der Waals surface area (Å²) < 4.78 is 14.7. The van der Waals surface area contributed by atoms with E-state index in [1.807, 2.05) is 5.01 Å². The van der Waals surface area contributed by atoms with E-state index in [9.17, 15) is 4.39 Å². The van der Waals surface area contributed by atoms with Crippen LogP contribution in [0.5, 0.6) is 0 Å². The lowest BCUT2D eigenvalue weighted by atomic mass is 10.0. The van der Waals surface area contributed by atoms with Gasteiger partial charge in [-0.15, -0.1) is 0 Å². The van der Waals surface area contributed by atoms with Crippen LogP contribution in [0.25, 0.3) is 10.8 Å². The van der Waals surface area contributed by atoms with Crippen LogP contribution in [0, 0.1) is 5.82 Å². The number of hydrazone groups is 1. The van der Waals surface area contributed by atoms with E-state index in [-0.39, 0.29) is 5.82 Å². The van der Waals surface area contributed by atoms with Crippen molar-refractivity contribution in [1.82, 2.24) is 9.91 Å². The molecule has 0 radical (unpaired) electrons. The summed E-state index contributed by atoms with van der Waals surface area (Å²) in [7, 11) is 0. The Morgan fingerprint density at radius 3 is 2.59 bits per heavy atom. The van der Waals surface area contributed by atoms with Crippen LogP contribution in [0.2, 0.25) is 0 Å².